The van der Waals surface area contributed by atoms with Crippen LogP contribution >= 0.6 is 0 Å². The smallest absolute Gasteiger partial charge is 0.374 e. The molecule has 3 aromatic rings. The zero-order chi connectivity index (χ0) is 23.8. The largest absolute Gasteiger partial charge is 0.453 e. The van der Waals surface area contributed by atoms with Gasteiger partial charge < -0.3 is 13.9 Å². The van der Waals surface area contributed by atoms with Crippen LogP contribution < -0.4 is 0 Å². The van der Waals surface area contributed by atoms with Crippen LogP contribution in [0.4, 0.5) is 0 Å². The number of ether oxygens (including phenoxy) is 2. The lowest BCUT2D eigenvalue weighted by atomic mass is 10.1. The first-order valence-corrected chi connectivity index (χ1v) is 11.4. The average Bonchev–Trinajstić information content (AvgIpc) is 3.29. The highest BCUT2D eigenvalue weighted by Crippen LogP contribution is 2.28. The molecule has 8 heteroatoms. The lowest BCUT2D eigenvalue weighted by Crippen LogP contribution is -2.47. The summed E-state index contributed by atoms with van der Waals surface area (Å²) in [6.07, 6.45) is -0.720. The van der Waals surface area contributed by atoms with E-state index in [1.807, 2.05) is 32.0 Å². The number of aryl methyl sites for hydroxylation is 2. The summed E-state index contributed by atoms with van der Waals surface area (Å²) in [5.74, 6) is -1.23. The first-order chi connectivity index (χ1) is 16.4. The summed E-state index contributed by atoms with van der Waals surface area (Å²) in [4.78, 5) is 42.3. The minimum absolute atomic E-state index is 0.0339. The minimum atomic E-state index is -0.720. The first-order valence-electron chi connectivity index (χ1n) is 11.4. The Morgan fingerprint density at radius 2 is 1.68 bits per heavy atom. The first kappa shape index (κ1) is 22.3. The monoisotopic (exact) mass is 462 g/mol. The third kappa shape index (κ3) is 4.10. The van der Waals surface area contributed by atoms with Gasteiger partial charge in [-0.15, -0.1) is 0 Å². The molecule has 0 saturated carbocycles. The second-order valence-corrected chi connectivity index (χ2v) is 8.76. The number of rotatable bonds is 6. The third-order valence-electron chi connectivity index (χ3n) is 6.38. The SMILES string of the molecule is Cc1ccc2oc(C(=O)O[C@H](CN3CCOCC3)CN3C(=O)c4ccccc4C3=O)c(C)c2c1. The molecule has 0 aliphatic carbocycles. The Morgan fingerprint density at radius 3 is 2.35 bits per heavy atom. The van der Waals surface area contributed by atoms with Crippen LogP contribution in [0.2, 0.25) is 0 Å². The maximum absolute atomic E-state index is 13.2. The van der Waals surface area contributed by atoms with Gasteiger partial charge in [-0.2, -0.15) is 0 Å². The van der Waals surface area contributed by atoms with Gasteiger partial charge in [0.15, 0.2) is 0 Å². The van der Waals surface area contributed by atoms with E-state index in [0.717, 1.165) is 15.8 Å². The maximum atomic E-state index is 13.2. The van der Waals surface area contributed by atoms with Gasteiger partial charge in [0.1, 0.15) is 11.7 Å². The number of carbonyl (C=O) groups is 3. The number of esters is 1. The molecule has 34 heavy (non-hydrogen) atoms. The highest BCUT2D eigenvalue weighted by Gasteiger charge is 2.38. The van der Waals surface area contributed by atoms with Crippen molar-refractivity contribution in [1.82, 2.24) is 9.80 Å². The van der Waals surface area contributed by atoms with E-state index in [2.05, 4.69) is 4.90 Å². The number of furan rings is 1. The Labute approximate surface area is 197 Å². The van der Waals surface area contributed by atoms with Gasteiger partial charge in [-0.3, -0.25) is 19.4 Å². The average molecular weight is 463 g/mol. The molecule has 1 aromatic heterocycles. The second-order valence-electron chi connectivity index (χ2n) is 8.76. The molecular weight excluding hydrogens is 436 g/mol. The number of carbonyl (C=O) groups excluding carboxylic acids is 3. The van der Waals surface area contributed by atoms with Crippen LogP contribution in [-0.2, 0) is 9.47 Å². The second kappa shape index (κ2) is 9.04. The highest BCUT2D eigenvalue weighted by atomic mass is 16.6. The van der Waals surface area contributed by atoms with Crippen molar-refractivity contribution in [3.63, 3.8) is 0 Å². The van der Waals surface area contributed by atoms with Crippen molar-refractivity contribution in [3.05, 3.63) is 70.5 Å². The van der Waals surface area contributed by atoms with Crippen molar-refractivity contribution >= 4 is 28.8 Å². The molecule has 0 bridgehead atoms. The number of morpholine rings is 1. The number of imide groups is 1. The summed E-state index contributed by atoms with van der Waals surface area (Å²) in [5, 5.41) is 0.858. The number of nitrogens with zero attached hydrogens (tertiary/aromatic N) is 2. The number of benzene rings is 2. The Balaban J connectivity index is 1.39. The van der Waals surface area contributed by atoms with Crippen molar-refractivity contribution in [2.24, 2.45) is 0 Å². The van der Waals surface area contributed by atoms with Gasteiger partial charge >= 0.3 is 5.97 Å². The van der Waals surface area contributed by atoms with Crippen molar-refractivity contribution in [2.75, 3.05) is 39.4 Å². The molecule has 0 unspecified atom stereocenters. The standard InChI is InChI=1S/C26H26N2O6/c1-16-7-8-22-21(13-16)17(2)23(34-22)26(31)33-18(14-27-9-11-32-12-10-27)15-28-24(29)19-5-3-4-6-20(19)25(28)30/h3-8,13,18H,9-12,14-15H2,1-2H3/t18-/m1/s1. The Morgan fingerprint density at radius 1 is 1.00 bits per heavy atom. The number of fused-ring (bicyclic) bond motifs is 2. The van der Waals surface area contributed by atoms with E-state index >= 15 is 0 Å². The van der Waals surface area contributed by atoms with Gasteiger partial charge in [0.05, 0.1) is 30.9 Å². The van der Waals surface area contributed by atoms with Gasteiger partial charge in [0, 0.05) is 30.6 Å². The fourth-order valence-electron chi connectivity index (χ4n) is 4.55. The normalized spacial score (nSPS) is 17.3. The van der Waals surface area contributed by atoms with Gasteiger partial charge in [-0.25, -0.2) is 4.79 Å². The lowest BCUT2D eigenvalue weighted by Gasteiger charge is -2.31. The molecule has 2 amide bonds. The summed E-state index contributed by atoms with van der Waals surface area (Å²) in [6, 6.07) is 12.4. The van der Waals surface area contributed by atoms with Crippen molar-refractivity contribution in [1.29, 1.82) is 0 Å². The van der Waals surface area contributed by atoms with E-state index in [4.69, 9.17) is 13.9 Å². The zero-order valence-electron chi connectivity index (χ0n) is 19.2. The quantitative estimate of drug-likeness (QED) is 0.411. The highest BCUT2D eigenvalue weighted by molar-refractivity contribution is 6.21. The number of amides is 2. The summed E-state index contributed by atoms with van der Waals surface area (Å²) >= 11 is 0. The van der Waals surface area contributed by atoms with Crippen molar-refractivity contribution in [2.45, 2.75) is 20.0 Å². The Bertz CT molecular complexity index is 1240. The number of hydrogen-bond donors (Lipinski definition) is 0. The maximum Gasteiger partial charge on any atom is 0.374 e. The van der Waals surface area contributed by atoms with Crippen LogP contribution in [0.1, 0.15) is 42.4 Å². The van der Waals surface area contributed by atoms with E-state index < -0.39 is 12.1 Å². The van der Waals surface area contributed by atoms with Gasteiger partial charge in [-0.1, -0.05) is 23.8 Å². The molecular formula is C26H26N2O6. The predicted molar refractivity (Wildman–Crippen MR) is 124 cm³/mol. The Hall–Kier alpha value is -3.49. The molecule has 1 atom stereocenters. The molecule has 2 aliphatic heterocycles. The van der Waals surface area contributed by atoms with Crippen LogP contribution in [0.15, 0.2) is 46.9 Å². The molecule has 0 radical (unpaired) electrons. The molecule has 8 nitrogen and oxygen atoms in total. The van der Waals surface area contributed by atoms with E-state index in [9.17, 15) is 14.4 Å². The Kier molecular flexibility index (Phi) is 5.93. The molecule has 3 heterocycles. The van der Waals surface area contributed by atoms with E-state index in [1.165, 1.54) is 0 Å². The third-order valence-corrected chi connectivity index (χ3v) is 6.38. The van der Waals surface area contributed by atoms with Crippen molar-refractivity contribution in [3.8, 4) is 0 Å². The molecule has 1 fully saturated rings. The lowest BCUT2D eigenvalue weighted by molar-refractivity contribution is -0.0121. The molecule has 2 aromatic carbocycles. The molecule has 5 rings (SSSR count). The van der Waals surface area contributed by atoms with E-state index in [0.29, 0.717) is 55.1 Å². The van der Waals surface area contributed by atoms with Crippen LogP contribution in [-0.4, -0.2) is 73.1 Å². The zero-order valence-corrected chi connectivity index (χ0v) is 19.2. The van der Waals surface area contributed by atoms with Crippen LogP contribution in [0.5, 0.6) is 0 Å². The van der Waals surface area contributed by atoms with Crippen LogP contribution in [0, 0.1) is 13.8 Å². The van der Waals surface area contributed by atoms with Gasteiger partial charge in [-0.05, 0) is 38.1 Å². The fraction of sp³-hybridized carbons (Fsp3) is 0.346. The molecule has 1 saturated heterocycles. The van der Waals surface area contributed by atoms with Crippen molar-refractivity contribution < 1.29 is 28.3 Å². The fourth-order valence-corrected chi connectivity index (χ4v) is 4.55. The van der Waals surface area contributed by atoms with E-state index in [1.54, 1.807) is 24.3 Å². The van der Waals surface area contributed by atoms with Gasteiger partial charge in [0.25, 0.3) is 11.8 Å². The molecule has 2 aliphatic rings. The van der Waals surface area contributed by atoms with Gasteiger partial charge in [0.2, 0.25) is 5.76 Å². The molecule has 0 spiro atoms. The van der Waals surface area contributed by atoms with Crippen LogP contribution in [0.25, 0.3) is 11.0 Å². The molecule has 176 valence electrons. The summed E-state index contributed by atoms with van der Waals surface area (Å²) in [6.45, 7) is 6.66. The minimum Gasteiger partial charge on any atom is -0.453 e. The number of hydrogen-bond acceptors (Lipinski definition) is 7. The predicted octanol–water partition coefficient (Wildman–Crippen LogP) is 3.20. The summed E-state index contributed by atoms with van der Waals surface area (Å²) < 4.78 is 17.1. The topological polar surface area (TPSA) is 89.3 Å². The molecule has 0 N–H and O–H groups in total. The summed E-state index contributed by atoms with van der Waals surface area (Å²) in [7, 11) is 0. The summed E-state index contributed by atoms with van der Waals surface area (Å²) in [5.41, 5.74) is 3.11. The van der Waals surface area contributed by atoms with E-state index in [-0.39, 0.29) is 24.1 Å². The van der Waals surface area contributed by atoms with Crippen LogP contribution in [0.3, 0.4) is 0 Å².